The van der Waals surface area contributed by atoms with Gasteiger partial charge >= 0.3 is 24.2 Å². The summed E-state index contributed by atoms with van der Waals surface area (Å²) in [6.45, 7) is 0. The van der Waals surface area contributed by atoms with Gasteiger partial charge < -0.3 is 10.6 Å². The number of nitrogens with zero attached hydrogens (tertiary/aromatic N) is 1. The van der Waals surface area contributed by atoms with E-state index in [2.05, 4.69) is 26.2 Å². The van der Waals surface area contributed by atoms with Crippen molar-refractivity contribution < 1.29 is 53.5 Å². The Balaban J connectivity index is 2.00. The highest BCUT2D eigenvalue weighted by Crippen LogP contribution is 2.55. The van der Waals surface area contributed by atoms with Gasteiger partial charge in [-0.25, -0.2) is 9.37 Å². The van der Waals surface area contributed by atoms with E-state index in [1.54, 1.807) is 27.9 Å². The molecule has 2 aromatic carbocycles. The summed E-state index contributed by atoms with van der Waals surface area (Å²) in [4.78, 5) is 29.2. The molecule has 1 aromatic heterocycles. The summed E-state index contributed by atoms with van der Waals surface area (Å²) in [5, 5.41) is 4.21. The molecule has 0 aliphatic carbocycles. The average Bonchev–Trinajstić information content (AvgIpc) is 2.82. The number of carbonyl (C=O) groups is 2. The molecule has 0 saturated carbocycles. The summed E-state index contributed by atoms with van der Waals surface area (Å²) in [6.07, 6.45) is -17.5. The number of nitrogens with one attached hydrogen (secondary N) is 2. The summed E-state index contributed by atoms with van der Waals surface area (Å²) in [6, 6.07) is 6.83. The quantitative estimate of drug-likeness (QED) is 0.157. The van der Waals surface area contributed by atoms with Gasteiger partial charge in [0.15, 0.2) is 0 Å². The normalized spacial score (nSPS) is 12.7. The number of benzene rings is 2. The minimum atomic E-state index is -6.67. The topological polar surface area (TPSA) is 71.1 Å². The van der Waals surface area contributed by atoms with Crippen LogP contribution in [0.15, 0.2) is 59.2 Å². The molecule has 0 fully saturated rings. The fourth-order valence-corrected chi connectivity index (χ4v) is 4.47. The minimum Gasteiger partial charge on any atom is -0.322 e. The minimum absolute atomic E-state index is 0.0142. The number of carbonyl (C=O) groups excluding carboxylic acids is 2. The molecule has 0 aliphatic heterocycles. The monoisotopic (exact) mass is 757 g/mol. The zero-order valence-electron chi connectivity index (χ0n) is 19.0. The van der Waals surface area contributed by atoms with Gasteiger partial charge in [-0.3, -0.25) is 9.59 Å². The van der Waals surface area contributed by atoms with E-state index in [-0.39, 0.29) is 22.9 Å². The number of pyridine rings is 1. The van der Waals surface area contributed by atoms with E-state index in [0.29, 0.717) is 3.70 Å². The van der Waals surface area contributed by atoms with Crippen molar-refractivity contribution in [2.75, 3.05) is 10.6 Å². The standard InChI is InChI=1S/C23H11BrF10IN3O2/c24-15-9-11(20(25,22(29,30)31)23(32,33)34)8-14(21(26,27)28)16(15)38-18(39)10-3-1-4-12(7-10)37-19(40)13-5-2-6-36-17(13)35/h1-9H,(H,37,40)(H,38,39). The van der Waals surface area contributed by atoms with Gasteiger partial charge in [-0.15, -0.1) is 0 Å². The lowest BCUT2D eigenvalue weighted by Gasteiger charge is -2.31. The maximum atomic E-state index is 14.5. The van der Waals surface area contributed by atoms with Crippen LogP contribution in [0.25, 0.3) is 0 Å². The van der Waals surface area contributed by atoms with Crippen molar-refractivity contribution >= 4 is 61.7 Å². The first-order valence-electron chi connectivity index (χ1n) is 10.3. The number of amides is 2. The third-order valence-electron chi connectivity index (χ3n) is 5.20. The van der Waals surface area contributed by atoms with Gasteiger partial charge in [-0.1, -0.05) is 6.07 Å². The SMILES string of the molecule is O=C(Nc1c(Br)cc(C(F)(C(F)(F)F)C(F)(F)F)cc1C(F)(F)F)c1cccc(NC(=O)c2cccnc2I)c1. The zero-order valence-corrected chi connectivity index (χ0v) is 22.7. The van der Waals surface area contributed by atoms with Crippen LogP contribution in [0.1, 0.15) is 31.8 Å². The Morgan fingerprint density at radius 1 is 0.800 bits per heavy atom. The number of hydrogen-bond donors (Lipinski definition) is 2. The number of rotatable bonds is 5. The largest absolute Gasteiger partial charge is 0.435 e. The van der Waals surface area contributed by atoms with Crippen LogP contribution >= 0.6 is 38.5 Å². The molecular weight excluding hydrogens is 747 g/mol. The molecule has 0 atom stereocenters. The van der Waals surface area contributed by atoms with Gasteiger partial charge in [0.25, 0.3) is 11.8 Å². The van der Waals surface area contributed by atoms with Crippen LogP contribution in [0.5, 0.6) is 0 Å². The summed E-state index contributed by atoms with van der Waals surface area (Å²) >= 11 is 4.21. The van der Waals surface area contributed by atoms with Crippen molar-refractivity contribution in [3.63, 3.8) is 0 Å². The van der Waals surface area contributed by atoms with Crippen molar-refractivity contribution in [2.24, 2.45) is 0 Å². The van der Waals surface area contributed by atoms with Crippen LogP contribution in [0.4, 0.5) is 55.3 Å². The van der Waals surface area contributed by atoms with E-state index in [9.17, 15) is 53.5 Å². The third kappa shape index (κ3) is 6.34. The van der Waals surface area contributed by atoms with Gasteiger partial charge in [0.1, 0.15) is 3.70 Å². The van der Waals surface area contributed by atoms with Crippen LogP contribution < -0.4 is 10.6 Å². The first-order valence-corrected chi connectivity index (χ1v) is 12.2. The molecule has 5 nitrogen and oxygen atoms in total. The summed E-state index contributed by atoms with van der Waals surface area (Å²) < 4.78 is 134. The Bertz CT molecular complexity index is 1440. The van der Waals surface area contributed by atoms with Crippen LogP contribution in [0.2, 0.25) is 0 Å². The zero-order chi connectivity index (χ0) is 30.3. The first-order chi connectivity index (χ1) is 18.3. The second kappa shape index (κ2) is 11.1. The molecule has 40 heavy (non-hydrogen) atoms. The lowest BCUT2D eigenvalue weighted by Crippen LogP contribution is -2.50. The fraction of sp³-hybridized carbons (Fsp3) is 0.174. The van der Waals surface area contributed by atoms with Crippen molar-refractivity contribution in [2.45, 2.75) is 24.2 Å². The summed E-state index contributed by atoms with van der Waals surface area (Å²) in [5.74, 6) is -1.93. The van der Waals surface area contributed by atoms with Gasteiger partial charge in [0.2, 0.25) is 0 Å². The summed E-state index contributed by atoms with van der Waals surface area (Å²) in [7, 11) is 0. The van der Waals surface area contributed by atoms with Crippen molar-refractivity contribution in [3.8, 4) is 0 Å². The molecule has 2 N–H and O–H groups in total. The molecule has 17 heteroatoms. The Labute approximate surface area is 239 Å². The maximum Gasteiger partial charge on any atom is 0.435 e. The van der Waals surface area contributed by atoms with E-state index in [4.69, 9.17) is 0 Å². The van der Waals surface area contributed by atoms with Crippen LogP contribution in [-0.2, 0) is 11.8 Å². The van der Waals surface area contributed by atoms with Gasteiger partial charge in [-0.05, 0) is 81.0 Å². The number of aromatic nitrogens is 1. The Morgan fingerprint density at radius 3 is 1.98 bits per heavy atom. The average molecular weight is 758 g/mol. The Hall–Kier alpha value is -2.96. The molecular formula is C23H11BrF10IN3O2. The van der Waals surface area contributed by atoms with E-state index < -0.39 is 63.4 Å². The molecule has 3 aromatic rings. The number of halogens is 12. The smallest absolute Gasteiger partial charge is 0.322 e. The van der Waals surface area contributed by atoms with E-state index in [1.165, 1.54) is 30.5 Å². The molecule has 0 spiro atoms. The van der Waals surface area contributed by atoms with Crippen molar-refractivity contribution in [1.82, 2.24) is 4.98 Å². The number of anilines is 2. The Morgan fingerprint density at radius 2 is 1.43 bits per heavy atom. The highest BCUT2D eigenvalue weighted by molar-refractivity contribution is 14.1. The van der Waals surface area contributed by atoms with Gasteiger partial charge in [0, 0.05) is 27.5 Å². The molecule has 0 unspecified atom stereocenters. The predicted molar refractivity (Wildman–Crippen MR) is 133 cm³/mol. The van der Waals surface area contributed by atoms with Crippen molar-refractivity contribution in [1.29, 1.82) is 0 Å². The number of hydrogen-bond acceptors (Lipinski definition) is 3. The second-order valence-corrected chi connectivity index (χ2v) is 9.74. The molecule has 0 aliphatic rings. The molecule has 0 radical (unpaired) electrons. The van der Waals surface area contributed by atoms with Gasteiger partial charge in [-0.2, -0.15) is 39.5 Å². The highest BCUT2D eigenvalue weighted by atomic mass is 127. The molecule has 1 heterocycles. The third-order valence-corrected chi connectivity index (χ3v) is 6.68. The van der Waals surface area contributed by atoms with E-state index >= 15 is 0 Å². The lowest BCUT2D eigenvalue weighted by atomic mass is 9.92. The number of alkyl halides is 10. The second-order valence-electron chi connectivity index (χ2n) is 7.86. The summed E-state index contributed by atoms with van der Waals surface area (Å²) in [5.41, 5.74) is -12.2. The molecule has 0 bridgehead atoms. The maximum absolute atomic E-state index is 14.5. The molecule has 3 rings (SSSR count). The van der Waals surface area contributed by atoms with E-state index in [1.807, 2.05) is 0 Å². The first kappa shape index (κ1) is 31.6. The fourth-order valence-electron chi connectivity index (χ4n) is 3.32. The van der Waals surface area contributed by atoms with E-state index in [0.717, 1.165) is 12.1 Å². The highest BCUT2D eigenvalue weighted by Gasteiger charge is 2.73. The van der Waals surface area contributed by atoms with Crippen LogP contribution in [-0.4, -0.2) is 29.2 Å². The van der Waals surface area contributed by atoms with Crippen LogP contribution in [0.3, 0.4) is 0 Å². The molecule has 214 valence electrons. The van der Waals surface area contributed by atoms with Crippen molar-refractivity contribution in [3.05, 3.63) is 85.2 Å². The van der Waals surface area contributed by atoms with Crippen LogP contribution in [0, 0.1) is 3.70 Å². The lowest BCUT2D eigenvalue weighted by molar-refractivity contribution is -0.348. The molecule has 0 saturated heterocycles. The van der Waals surface area contributed by atoms with Gasteiger partial charge in [0.05, 0.1) is 16.8 Å². The molecule has 2 amide bonds. The predicted octanol–water partition coefficient (Wildman–Crippen LogP) is 8.26. The Kier molecular flexibility index (Phi) is 8.79.